The van der Waals surface area contributed by atoms with Crippen LogP contribution in [0.2, 0.25) is 0 Å². The van der Waals surface area contributed by atoms with Gasteiger partial charge >= 0.3 is 0 Å². The average molecular weight is 269 g/mol. The molecular weight excluding hydrogens is 250 g/mol. The lowest BCUT2D eigenvalue weighted by Crippen LogP contribution is -2.45. The molecule has 0 unspecified atom stereocenters. The summed E-state index contributed by atoms with van der Waals surface area (Å²) in [5.41, 5.74) is 7.01. The molecule has 1 heterocycles. The van der Waals surface area contributed by atoms with Crippen molar-refractivity contribution in [2.45, 2.75) is 31.1 Å². The Bertz CT molecular complexity index is 522. The van der Waals surface area contributed by atoms with Gasteiger partial charge in [0.1, 0.15) is 4.90 Å². The second-order valence-electron chi connectivity index (χ2n) is 4.68. The molecule has 0 radical (unpaired) electrons. The van der Waals surface area contributed by atoms with Crippen molar-refractivity contribution in [1.82, 2.24) is 9.84 Å². The monoisotopic (exact) mass is 269 g/mol. The first-order valence-corrected chi connectivity index (χ1v) is 7.61. The quantitative estimate of drug-likeness (QED) is 0.810. The molecule has 6 heteroatoms. The summed E-state index contributed by atoms with van der Waals surface area (Å²) in [5, 5.41) is 1.75. The van der Waals surface area contributed by atoms with Gasteiger partial charge in [0.2, 0.25) is 0 Å². The van der Waals surface area contributed by atoms with Crippen LogP contribution in [0.4, 0.5) is 5.69 Å². The van der Waals surface area contributed by atoms with Crippen molar-refractivity contribution in [2.75, 3.05) is 18.8 Å². The van der Waals surface area contributed by atoms with E-state index in [1.54, 1.807) is 23.2 Å². The van der Waals surface area contributed by atoms with Gasteiger partial charge in [-0.15, -0.1) is 4.83 Å². The SMILES string of the molecule is Cc1ccc(S(=O)(=O)NN2CCCCC2)c(N)c1. The molecule has 0 amide bonds. The summed E-state index contributed by atoms with van der Waals surface area (Å²) in [6.45, 7) is 3.39. The fraction of sp³-hybridized carbons (Fsp3) is 0.500. The zero-order valence-electron chi connectivity index (χ0n) is 10.5. The van der Waals surface area contributed by atoms with Gasteiger partial charge in [-0.2, -0.15) is 0 Å². The van der Waals surface area contributed by atoms with Crippen molar-refractivity contribution in [3.8, 4) is 0 Å². The molecule has 5 nitrogen and oxygen atoms in total. The maximum atomic E-state index is 12.2. The molecule has 2 rings (SSSR count). The van der Waals surface area contributed by atoms with E-state index in [0.29, 0.717) is 5.69 Å². The van der Waals surface area contributed by atoms with E-state index in [1.165, 1.54) is 0 Å². The van der Waals surface area contributed by atoms with Crippen LogP contribution in [0, 0.1) is 6.92 Å². The van der Waals surface area contributed by atoms with Gasteiger partial charge < -0.3 is 5.73 Å². The average Bonchev–Trinajstić information content (AvgIpc) is 2.29. The molecule has 0 aromatic heterocycles. The maximum Gasteiger partial charge on any atom is 0.255 e. The first-order valence-electron chi connectivity index (χ1n) is 6.12. The van der Waals surface area contributed by atoms with Crippen molar-refractivity contribution in [3.63, 3.8) is 0 Å². The van der Waals surface area contributed by atoms with Crippen LogP contribution in [-0.4, -0.2) is 26.5 Å². The first kappa shape index (κ1) is 13.3. The topological polar surface area (TPSA) is 75.4 Å². The van der Waals surface area contributed by atoms with Crippen LogP contribution >= 0.6 is 0 Å². The van der Waals surface area contributed by atoms with Crippen LogP contribution < -0.4 is 10.6 Å². The van der Waals surface area contributed by atoms with Gasteiger partial charge in [-0.05, 0) is 37.5 Å². The van der Waals surface area contributed by atoms with Gasteiger partial charge in [0.25, 0.3) is 10.0 Å². The third-order valence-corrected chi connectivity index (χ3v) is 4.51. The van der Waals surface area contributed by atoms with E-state index in [2.05, 4.69) is 4.83 Å². The second-order valence-corrected chi connectivity index (χ2v) is 6.31. The molecule has 18 heavy (non-hydrogen) atoms. The number of benzene rings is 1. The lowest BCUT2D eigenvalue weighted by atomic mass is 10.2. The summed E-state index contributed by atoms with van der Waals surface area (Å²) in [4.78, 5) is 2.75. The zero-order chi connectivity index (χ0) is 13.2. The molecule has 1 aromatic carbocycles. The summed E-state index contributed by atoms with van der Waals surface area (Å²) in [7, 11) is -3.56. The van der Waals surface area contributed by atoms with Crippen LogP contribution in [0.25, 0.3) is 0 Å². The highest BCUT2D eigenvalue weighted by Gasteiger charge is 2.21. The van der Waals surface area contributed by atoms with E-state index in [9.17, 15) is 8.42 Å². The zero-order valence-corrected chi connectivity index (χ0v) is 11.3. The van der Waals surface area contributed by atoms with E-state index < -0.39 is 10.0 Å². The van der Waals surface area contributed by atoms with E-state index in [0.717, 1.165) is 37.9 Å². The van der Waals surface area contributed by atoms with E-state index in [-0.39, 0.29) is 4.90 Å². The number of nitrogen functional groups attached to an aromatic ring is 1. The predicted octanol–water partition coefficient (Wildman–Crippen LogP) is 1.26. The molecule has 1 fully saturated rings. The molecule has 1 aliphatic heterocycles. The summed E-state index contributed by atoms with van der Waals surface area (Å²) in [5.74, 6) is 0. The predicted molar refractivity (Wildman–Crippen MR) is 71.3 cm³/mol. The van der Waals surface area contributed by atoms with Crippen molar-refractivity contribution >= 4 is 15.7 Å². The second kappa shape index (κ2) is 5.26. The lowest BCUT2D eigenvalue weighted by Gasteiger charge is -2.26. The summed E-state index contributed by atoms with van der Waals surface area (Å²) in [6, 6.07) is 4.98. The Labute approximate surface area is 108 Å². The molecular formula is C12H19N3O2S. The molecule has 0 saturated carbocycles. The van der Waals surface area contributed by atoms with Gasteiger partial charge in [-0.25, -0.2) is 13.4 Å². The Morgan fingerprint density at radius 1 is 1.22 bits per heavy atom. The molecule has 0 atom stereocenters. The summed E-state index contributed by atoms with van der Waals surface area (Å²) >= 11 is 0. The number of aryl methyl sites for hydroxylation is 1. The Kier molecular flexibility index (Phi) is 3.89. The van der Waals surface area contributed by atoms with Gasteiger partial charge in [0, 0.05) is 13.1 Å². The first-order chi connectivity index (χ1) is 8.49. The standard InChI is InChI=1S/C12H19N3O2S/c1-10-5-6-12(11(13)9-10)18(16,17)14-15-7-3-2-4-8-15/h5-6,9,14H,2-4,7-8,13H2,1H3. The maximum absolute atomic E-state index is 12.2. The Morgan fingerprint density at radius 3 is 2.50 bits per heavy atom. The molecule has 0 spiro atoms. The number of sulfonamides is 1. The number of hydrazine groups is 1. The molecule has 3 N–H and O–H groups in total. The Hall–Kier alpha value is -1.11. The third kappa shape index (κ3) is 3.01. The highest BCUT2D eigenvalue weighted by molar-refractivity contribution is 7.89. The number of nitrogens with zero attached hydrogens (tertiary/aromatic N) is 1. The Balaban J connectivity index is 2.19. The normalized spacial score (nSPS) is 17.8. The van der Waals surface area contributed by atoms with E-state index >= 15 is 0 Å². The number of nitrogens with two attached hydrogens (primary N) is 1. The minimum absolute atomic E-state index is 0.152. The number of piperidine rings is 1. The van der Waals surface area contributed by atoms with E-state index in [4.69, 9.17) is 5.73 Å². The van der Waals surface area contributed by atoms with Gasteiger partial charge in [-0.3, -0.25) is 0 Å². The van der Waals surface area contributed by atoms with Crippen LogP contribution in [0.15, 0.2) is 23.1 Å². The highest BCUT2D eigenvalue weighted by Crippen LogP contribution is 2.20. The minimum Gasteiger partial charge on any atom is -0.398 e. The van der Waals surface area contributed by atoms with Crippen LogP contribution in [0.3, 0.4) is 0 Å². The molecule has 0 aliphatic carbocycles. The molecule has 1 aromatic rings. The van der Waals surface area contributed by atoms with Gasteiger partial charge in [0.15, 0.2) is 0 Å². The number of hydrogen-bond donors (Lipinski definition) is 2. The van der Waals surface area contributed by atoms with Gasteiger partial charge in [0.05, 0.1) is 5.69 Å². The van der Waals surface area contributed by atoms with Crippen LogP contribution in [-0.2, 0) is 10.0 Å². The van der Waals surface area contributed by atoms with Crippen molar-refractivity contribution in [1.29, 1.82) is 0 Å². The fourth-order valence-electron chi connectivity index (χ4n) is 2.12. The number of nitrogens with one attached hydrogen (secondary N) is 1. The number of hydrogen-bond acceptors (Lipinski definition) is 4. The van der Waals surface area contributed by atoms with Crippen LogP contribution in [0.1, 0.15) is 24.8 Å². The third-order valence-electron chi connectivity index (χ3n) is 3.06. The van der Waals surface area contributed by atoms with Crippen molar-refractivity contribution < 1.29 is 8.42 Å². The van der Waals surface area contributed by atoms with Crippen molar-refractivity contribution in [3.05, 3.63) is 23.8 Å². The number of rotatable bonds is 3. The van der Waals surface area contributed by atoms with Crippen molar-refractivity contribution in [2.24, 2.45) is 0 Å². The fourth-order valence-corrected chi connectivity index (χ4v) is 3.35. The highest BCUT2D eigenvalue weighted by atomic mass is 32.2. The summed E-state index contributed by atoms with van der Waals surface area (Å²) in [6.07, 6.45) is 3.20. The molecule has 100 valence electrons. The number of anilines is 1. The molecule has 1 aliphatic rings. The minimum atomic E-state index is -3.56. The summed E-state index contributed by atoms with van der Waals surface area (Å²) < 4.78 is 24.4. The smallest absolute Gasteiger partial charge is 0.255 e. The molecule has 1 saturated heterocycles. The Morgan fingerprint density at radius 2 is 1.89 bits per heavy atom. The van der Waals surface area contributed by atoms with Gasteiger partial charge in [-0.1, -0.05) is 12.5 Å². The largest absolute Gasteiger partial charge is 0.398 e. The van der Waals surface area contributed by atoms with Crippen LogP contribution in [0.5, 0.6) is 0 Å². The van der Waals surface area contributed by atoms with E-state index in [1.807, 2.05) is 6.92 Å². The lowest BCUT2D eigenvalue weighted by molar-refractivity contribution is 0.200. The molecule has 0 bridgehead atoms.